The van der Waals surface area contributed by atoms with Crippen LogP contribution in [-0.4, -0.2) is 50.2 Å². The molecule has 3 heteroatoms. The SMILES string of the molecule is CC1(CN2CCC(C3CCCN3)CC2)CCNC1. The molecule has 2 unspecified atom stereocenters. The standard InChI is InChI=1S/C15H29N3/c1-15(6-8-16-11-15)12-18-9-4-13(5-10-18)14-3-2-7-17-14/h13-14,16-17H,2-12H2,1H3. The molecule has 0 aromatic carbocycles. The van der Waals surface area contributed by atoms with E-state index in [1.807, 2.05) is 0 Å². The molecule has 2 N–H and O–H groups in total. The molecule has 0 amide bonds. The van der Waals surface area contributed by atoms with Crippen molar-refractivity contribution in [2.75, 3.05) is 39.3 Å². The Kier molecular flexibility index (Phi) is 3.92. The zero-order valence-corrected chi connectivity index (χ0v) is 11.9. The van der Waals surface area contributed by atoms with E-state index in [0.717, 1.165) is 12.0 Å². The van der Waals surface area contributed by atoms with Crippen LogP contribution >= 0.6 is 0 Å². The van der Waals surface area contributed by atoms with Crippen molar-refractivity contribution in [2.45, 2.75) is 45.1 Å². The molecule has 0 aromatic heterocycles. The lowest BCUT2D eigenvalue weighted by Crippen LogP contribution is -2.45. The van der Waals surface area contributed by atoms with Crippen LogP contribution in [0.2, 0.25) is 0 Å². The number of nitrogens with zero attached hydrogens (tertiary/aromatic N) is 1. The molecule has 0 radical (unpaired) electrons. The number of likely N-dealkylation sites (tertiary alicyclic amines) is 1. The minimum absolute atomic E-state index is 0.540. The van der Waals surface area contributed by atoms with Crippen molar-refractivity contribution in [1.82, 2.24) is 15.5 Å². The highest BCUT2D eigenvalue weighted by atomic mass is 15.1. The Morgan fingerprint density at radius 2 is 2.00 bits per heavy atom. The number of nitrogens with one attached hydrogen (secondary N) is 2. The summed E-state index contributed by atoms with van der Waals surface area (Å²) >= 11 is 0. The molecule has 3 heterocycles. The average Bonchev–Trinajstić information content (AvgIpc) is 3.02. The van der Waals surface area contributed by atoms with Gasteiger partial charge in [0.25, 0.3) is 0 Å². The monoisotopic (exact) mass is 251 g/mol. The van der Waals surface area contributed by atoms with Gasteiger partial charge < -0.3 is 15.5 Å². The molecule has 0 aromatic rings. The zero-order valence-electron chi connectivity index (χ0n) is 11.9. The summed E-state index contributed by atoms with van der Waals surface area (Å²) in [7, 11) is 0. The van der Waals surface area contributed by atoms with Gasteiger partial charge >= 0.3 is 0 Å². The van der Waals surface area contributed by atoms with Crippen LogP contribution in [0.4, 0.5) is 0 Å². The zero-order chi connectivity index (χ0) is 12.4. The van der Waals surface area contributed by atoms with Crippen molar-refractivity contribution in [1.29, 1.82) is 0 Å². The van der Waals surface area contributed by atoms with E-state index in [4.69, 9.17) is 0 Å². The molecule has 3 saturated heterocycles. The lowest BCUT2D eigenvalue weighted by Gasteiger charge is -2.38. The number of piperidine rings is 1. The second-order valence-electron chi connectivity index (χ2n) is 7.05. The van der Waals surface area contributed by atoms with E-state index in [9.17, 15) is 0 Å². The van der Waals surface area contributed by atoms with Crippen LogP contribution in [0.3, 0.4) is 0 Å². The number of hydrogen-bond donors (Lipinski definition) is 2. The van der Waals surface area contributed by atoms with Gasteiger partial charge in [-0.2, -0.15) is 0 Å². The molecule has 3 rings (SSSR count). The van der Waals surface area contributed by atoms with E-state index >= 15 is 0 Å². The lowest BCUT2D eigenvalue weighted by atomic mass is 9.85. The Hall–Kier alpha value is -0.120. The first-order valence-electron chi connectivity index (χ1n) is 7.92. The first-order valence-corrected chi connectivity index (χ1v) is 7.92. The van der Waals surface area contributed by atoms with E-state index < -0.39 is 0 Å². The summed E-state index contributed by atoms with van der Waals surface area (Å²) in [5.41, 5.74) is 0.540. The molecule has 0 saturated carbocycles. The topological polar surface area (TPSA) is 27.3 Å². The van der Waals surface area contributed by atoms with Crippen LogP contribution < -0.4 is 10.6 Å². The largest absolute Gasteiger partial charge is 0.316 e. The van der Waals surface area contributed by atoms with Gasteiger partial charge in [-0.1, -0.05) is 6.92 Å². The highest BCUT2D eigenvalue weighted by Crippen LogP contribution is 2.30. The first-order chi connectivity index (χ1) is 8.75. The van der Waals surface area contributed by atoms with Gasteiger partial charge in [-0.05, 0) is 69.6 Å². The fraction of sp³-hybridized carbons (Fsp3) is 1.00. The first kappa shape index (κ1) is 12.9. The van der Waals surface area contributed by atoms with Crippen LogP contribution in [0.1, 0.15) is 39.0 Å². The second kappa shape index (κ2) is 5.48. The molecule has 0 spiro atoms. The molecule has 0 aliphatic carbocycles. The maximum absolute atomic E-state index is 3.69. The van der Waals surface area contributed by atoms with E-state index in [0.29, 0.717) is 5.41 Å². The third-order valence-corrected chi connectivity index (χ3v) is 5.36. The van der Waals surface area contributed by atoms with Crippen LogP contribution in [0.25, 0.3) is 0 Å². The summed E-state index contributed by atoms with van der Waals surface area (Å²) in [6.07, 6.45) is 7.01. The molecule has 3 nitrogen and oxygen atoms in total. The summed E-state index contributed by atoms with van der Waals surface area (Å²) < 4.78 is 0. The van der Waals surface area contributed by atoms with Gasteiger partial charge in [0.15, 0.2) is 0 Å². The van der Waals surface area contributed by atoms with Crippen molar-refractivity contribution in [3.8, 4) is 0 Å². The Balaban J connectivity index is 1.45. The second-order valence-corrected chi connectivity index (χ2v) is 7.05. The van der Waals surface area contributed by atoms with Crippen molar-refractivity contribution in [2.24, 2.45) is 11.3 Å². The molecule has 0 bridgehead atoms. The Morgan fingerprint density at radius 3 is 2.61 bits per heavy atom. The van der Waals surface area contributed by atoms with Gasteiger partial charge in [0.05, 0.1) is 0 Å². The fourth-order valence-electron chi connectivity index (χ4n) is 4.17. The van der Waals surface area contributed by atoms with Gasteiger partial charge in [0.2, 0.25) is 0 Å². The average molecular weight is 251 g/mol. The normalized spacial score (nSPS) is 39.5. The Morgan fingerprint density at radius 1 is 1.17 bits per heavy atom. The molecule has 104 valence electrons. The third-order valence-electron chi connectivity index (χ3n) is 5.36. The maximum Gasteiger partial charge on any atom is 0.00967 e. The summed E-state index contributed by atoms with van der Waals surface area (Å²) in [4.78, 5) is 2.72. The molecule has 3 aliphatic heterocycles. The Labute approximate surface area is 112 Å². The van der Waals surface area contributed by atoms with Gasteiger partial charge in [0.1, 0.15) is 0 Å². The fourth-order valence-corrected chi connectivity index (χ4v) is 4.17. The van der Waals surface area contributed by atoms with Crippen molar-refractivity contribution >= 4 is 0 Å². The van der Waals surface area contributed by atoms with E-state index in [1.165, 1.54) is 71.4 Å². The van der Waals surface area contributed by atoms with Gasteiger partial charge in [-0.25, -0.2) is 0 Å². The van der Waals surface area contributed by atoms with Crippen molar-refractivity contribution < 1.29 is 0 Å². The van der Waals surface area contributed by atoms with E-state index in [2.05, 4.69) is 22.5 Å². The minimum atomic E-state index is 0.540. The van der Waals surface area contributed by atoms with Gasteiger partial charge in [0, 0.05) is 19.1 Å². The van der Waals surface area contributed by atoms with Crippen LogP contribution in [0, 0.1) is 11.3 Å². The predicted octanol–water partition coefficient (Wildman–Crippen LogP) is 1.45. The van der Waals surface area contributed by atoms with Gasteiger partial charge in [-0.3, -0.25) is 0 Å². The van der Waals surface area contributed by atoms with Crippen LogP contribution in [0.15, 0.2) is 0 Å². The molecule has 2 atom stereocenters. The van der Waals surface area contributed by atoms with Crippen LogP contribution in [-0.2, 0) is 0 Å². The lowest BCUT2D eigenvalue weighted by molar-refractivity contribution is 0.117. The number of hydrogen-bond acceptors (Lipinski definition) is 3. The van der Waals surface area contributed by atoms with Crippen molar-refractivity contribution in [3.05, 3.63) is 0 Å². The quantitative estimate of drug-likeness (QED) is 0.795. The molecular weight excluding hydrogens is 222 g/mol. The number of rotatable bonds is 3. The highest BCUT2D eigenvalue weighted by Gasteiger charge is 2.33. The molecule has 18 heavy (non-hydrogen) atoms. The third kappa shape index (κ3) is 2.89. The molecular formula is C15H29N3. The molecule has 3 aliphatic rings. The van der Waals surface area contributed by atoms with E-state index in [-0.39, 0.29) is 0 Å². The highest BCUT2D eigenvalue weighted by molar-refractivity contribution is 4.90. The Bertz CT molecular complexity index is 259. The summed E-state index contributed by atoms with van der Waals surface area (Å²) in [6, 6.07) is 0.843. The smallest absolute Gasteiger partial charge is 0.00967 e. The van der Waals surface area contributed by atoms with Crippen LogP contribution in [0.5, 0.6) is 0 Å². The predicted molar refractivity (Wildman–Crippen MR) is 75.8 cm³/mol. The molecule has 3 fully saturated rings. The van der Waals surface area contributed by atoms with Crippen molar-refractivity contribution in [3.63, 3.8) is 0 Å². The summed E-state index contributed by atoms with van der Waals surface area (Å²) in [5.74, 6) is 0.957. The summed E-state index contributed by atoms with van der Waals surface area (Å²) in [6.45, 7) is 10.1. The summed E-state index contributed by atoms with van der Waals surface area (Å²) in [5, 5.41) is 7.21. The minimum Gasteiger partial charge on any atom is -0.316 e. The maximum atomic E-state index is 3.69. The van der Waals surface area contributed by atoms with Gasteiger partial charge in [-0.15, -0.1) is 0 Å². The van der Waals surface area contributed by atoms with E-state index in [1.54, 1.807) is 0 Å².